The number of aryl methyl sites for hydroxylation is 3. The highest BCUT2D eigenvalue weighted by Crippen LogP contribution is 2.40. The van der Waals surface area contributed by atoms with Gasteiger partial charge in [0, 0.05) is 29.8 Å². The maximum atomic E-state index is 16.4. The van der Waals surface area contributed by atoms with Crippen molar-refractivity contribution in [3.8, 4) is 11.1 Å². The van der Waals surface area contributed by atoms with E-state index in [4.69, 9.17) is 5.73 Å². The van der Waals surface area contributed by atoms with E-state index in [0.29, 0.717) is 10.8 Å². The molecular formula is C33H34F9N3O4. The number of rotatable bonds is 11. The van der Waals surface area contributed by atoms with Crippen LogP contribution in [0.25, 0.3) is 11.1 Å². The highest BCUT2D eigenvalue weighted by molar-refractivity contribution is 5.82. The van der Waals surface area contributed by atoms with Crippen molar-refractivity contribution in [2.24, 2.45) is 5.73 Å². The van der Waals surface area contributed by atoms with Crippen molar-refractivity contribution in [2.75, 3.05) is 6.54 Å². The first-order valence-corrected chi connectivity index (χ1v) is 14.8. The molecule has 49 heavy (non-hydrogen) atoms. The standard InChI is InChI=1S/C33H34F9N3O4/c1-15-8-19(32(37,38)39)9-16(2)26(15)20-10-17(3)28(34)27(29(20)35)22(12-25(47)48)44-30(49)23(13-31(4,5)36)45-14-18(6-7-43)21(11-24(45)46)33(40,41)42/h8-11,14,22-23H,6-7,12-13,43H2,1-5H3,(H,44,49)(H,47,48)/t22-,23?/m0/s1. The number of carboxylic acid groups (broad SMARTS) is 1. The number of carbonyl (C=O) groups excluding carboxylic acids is 1. The van der Waals surface area contributed by atoms with Gasteiger partial charge in [0.05, 0.1) is 23.6 Å². The number of carboxylic acids is 1. The molecular weight excluding hydrogens is 673 g/mol. The normalized spacial score (nSPS) is 13.7. The molecule has 268 valence electrons. The van der Waals surface area contributed by atoms with Gasteiger partial charge in [-0.25, -0.2) is 13.2 Å². The van der Waals surface area contributed by atoms with Crippen LogP contribution in [-0.4, -0.2) is 33.8 Å². The first-order valence-electron chi connectivity index (χ1n) is 14.8. The van der Waals surface area contributed by atoms with Crippen LogP contribution in [0.4, 0.5) is 39.5 Å². The number of benzene rings is 2. The van der Waals surface area contributed by atoms with Gasteiger partial charge in [-0.15, -0.1) is 0 Å². The molecule has 0 spiro atoms. The Morgan fingerprint density at radius 2 is 1.47 bits per heavy atom. The van der Waals surface area contributed by atoms with E-state index in [9.17, 15) is 45.8 Å². The maximum Gasteiger partial charge on any atom is 0.416 e. The number of aliphatic carboxylic acids is 1. The third kappa shape index (κ3) is 9.02. The molecule has 3 aromatic rings. The average molecular weight is 708 g/mol. The second kappa shape index (κ2) is 14.3. The summed E-state index contributed by atoms with van der Waals surface area (Å²) >= 11 is 0. The summed E-state index contributed by atoms with van der Waals surface area (Å²) in [5.41, 5.74) is -2.92. The van der Waals surface area contributed by atoms with E-state index < -0.39 is 106 Å². The highest BCUT2D eigenvalue weighted by atomic mass is 19.4. The number of alkyl halides is 7. The largest absolute Gasteiger partial charge is 0.481 e. The van der Waals surface area contributed by atoms with Crippen LogP contribution in [-0.2, 0) is 28.4 Å². The second-order valence-electron chi connectivity index (χ2n) is 12.4. The van der Waals surface area contributed by atoms with Crippen LogP contribution in [0.1, 0.15) is 77.7 Å². The fraction of sp³-hybridized carbons (Fsp3) is 0.424. The molecule has 2 aromatic carbocycles. The van der Waals surface area contributed by atoms with Gasteiger partial charge in [0.25, 0.3) is 5.56 Å². The number of nitrogens with zero attached hydrogens (tertiary/aromatic N) is 1. The lowest BCUT2D eigenvalue weighted by Gasteiger charge is -2.28. The van der Waals surface area contributed by atoms with E-state index in [2.05, 4.69) is 5.32 Å². The Balaban J connectivity index is 2.24. The molecule has 16 heteroatoms. The molecule has 0 aliphatic heterocycles. The monoisotopic (exact) mass is 707 g/mol. The minimum absolute atomic E-state index is 0.0535. The molecule has 7 nitrogen and oxygen atoms in total. The first kappa shape index (κ1) is 39.1. The summed E-state index contributed by atoms with van der Waals surface area (Å²) in [7, 11) is 0. The molecule has 0 radical (unpaired) electrons. The van der Waals surface area contributed by atoms with Gasteiger partial charge in [0.2, 0.25) is 5.91 Å². The summed E-state index contributed by atoms with van der Waals surface area (Å²) in [5, 5.41) is 11.8. The molecule has 1 aromatic heterocycles. The molecule has 1 amide bonds. The predicted octanol–water partition coefficient (Wildman–Crippen LogP) is 7.27. The average Bonchev–Trinajstić information content (AvgIpc) is 2.93. The number of hydrogen-bond donors (Lipinski definition) is 3. The van der Waals surface area contributed by atoms with Gasteiger partial charge in [-0.2, -0.15) is 26.3 Å². The number of carbonyl (C=O) groups is 2. The molecule has 3 rings (SSSR count). The number of nitrogens with two attached hydrogens (primary N) is 1. The van der Waals surface area contributed by atoms with Crippen molar-refractivity contribution in [1.29, 1.82) is 0 Å². The van der Waals surface area contributed by atoms with Crippen LogP contribution in [0.5, 0.6) is 0 Å². The Labute approximate surface area is 274 Å². The summed E-state index contributed by atoms with van der Waals surface area (Å²) in [6, 6.07) is -1.28. The molecule has 0 saturated heterocycles. The Bertz CT molecular complexity index is 1790. The zero-order valence-electron chi connectivity index (χ0n) is 27.0. The molecule has 2 atom stereocenters. The van der Waals surface area contributed by atoms with Gasteiger partial charge in [0.15, 0.2) is 0 Å². The SMILES string of the molecule is Cc1cc(-c2c(C)cc(C(F)(F)F)cc2C)c(F)c([C@H](CC(=O)O)NC(=O)C(CC(C)(C)F)n2cc(CCN)c(C(F)(F)F)cc2=O)c1F. The van der Waals surface area contributed by atoms with Crippen molar-refractivity contribution in [2.45, 2.75) is 84.0 Å². The summed E-state index contributed by atoms with van der Waals surface area (Å²) in [5.74, 6) is -5.76. The van der Waals surface area contributed by atoms with Crippen molar-refractivity contribution in [1.82, 2.24) is 9.88 Å². The third-order valence-electron chi connectivity index (χ3n) is 7.79. The van der Waals surface area contributed by atoms with Gasteiger partial charge < -0.3 is 20.7 Å². The van der Waals surface area contributed by atoms with E-state index in [1.54, 1.807) is 0 Å². The van der Waals surface area contributed by atoms with Crippen LogP contribution in [0, 0.1) is 32.4 Å². The van der Waals surface area contributed by atoms with Crippen molar-refractivity contribution >= 4 is 11.9 Å². The Morgan fingerprint density at radius 3 is 1.94 bits per heavy atom. The Hall–Kier alpha value is -4.34. The third-order valence-corrected chi connectivity index (χ3v) is 7.79. The van der Waals surface area contributed by atoms with Crippen molar-refractivity contribution in [3.05, 3.63) is 91.4 Å². The van der Waals surface area contributed by atoms with E-state index in [0.717, 1.165) is 32.0 Å². The van der Waals surface area contributed by atoms with Crippen LogP contribution >= 0.6 is 0 Å². The highest BCUT2D eigenvalue weighted by Gasteiger charge is 2.38. The topological polar surface area (TPSA) is 114 Å². The lowest BCUT2D eigenvalue weighted by Crippen LogP contribution is -2.42. The minimum Gasteiger partial charge on any atom is -0.481 e. The van der Waals surface area contributed by atoms with Crippen LogP contribution in [0.2, 0.25) is 0 Å². The van der Waals surface area contributed by atoms with Gasteiger partial charge in [0.1, 0.15) is 23.3 Å². The Morgan fingerprint density at radius 1 is 0.898 bits per heavy atom. The molecule has 0 bridgehead atoms. The first-order chi connectivity index (χ1) is 22.4. The number of aromatic nitrogens is 1. The summed E-state index contributed by atoms with van der Waals surface area (Å²) in [4.78, 5) is 38.6. The molecule has 4 N–H and O–H groups in total. The van der Waals surface area contributed by atoms with Crippen LogP contribution in [0.15, 0.2) is 35.3 Å². The zero-order chi connectivity index (χ0) is 37.4. The maximum absolute atomic E-state index is 16.4. The van der Waals surface area contributed by atoms with Crippen LogP contribution < -0.4 is 16.6 Å². The van der Waals surface area contributed by atoms with Crippen molar-refractivity contribution in [3.63, 3.8) is 0 Å². The number of halogens is 9. The molecule has 0 aliphatic rings. The number of pyridine rings is 1. The quantitative estimate of drug-likeness (QED) is 0.182. The number of hydrogen-bond acceptors (Lipinski definition) is 4. The van der Waals surface area contributed by atoms with Crippen LogP contribution in [0.3, 0.4) is 0 Å². The smallest absolute Gasteiger partial charge is 0.416 e. The molecule has 1 heterocycles. The lowest BCUT2D eigenvalue weighted by atomic mass is 9.88. The molecule has 0 fully saturated rings. The van der Waals surface area contributed by atoms with E-state index in [-0.39, 0.29) is 34.9 Å². The predicted molar refractivity (Wildman–Crippen MR) is 161 cm³/mol. The van der Waals surface area contributed by atoms with Crippen molar-refractivity contribution < 1.29 is 54.2 Å². The molecule has 0 aliphatic carbocycles. The van der Waals surface area contributed by atoms with Gasteiger partial charge >= 0.3 is 18.3 Å². The fourth-order valence-corrected chi connectivity index (χ4v) is 5.74. The van der Waals surface area contributed by atoms with Gasteiger partial charge in [-0.3, -0.25) is 14.4 Å². The van der Waals surface area contributed by atoms with E-state index in [1.807, 2.05) is 0 Å². The van der Waals surface area contributed by atoms with E-state index in [1.165, 1.54) is 20.8 Å². The van der Waals surface area contributed by atoms with Gasteiger partial charge in [-0.05, 0) is 93.6 Å². The zero-order valence-corrected chi connectivity index (χ0v) is 27.0. The molecule has 1 unspecified atom stereocenters. The lowest BCUT2D eigenvalue weighted by molar-refractivity contribution is -0.139. The number of amides is 1. The summed E-state index contributed by atoms with van der Waals surface area (Å²) in [6.07, 6.45) is -11.5. The molecule has 0 saturated carbocycles. The Kier molecular flexibility index (Phi) is 11.4. The summed E-state index contributed by atoms with van der Waals surface area (Å²) < 4.78 is 129. The minimum atomic E-state index is -4.99. The van der Waals surface area contributed by atoms with Gasteiger partial charge in [-0.1, -0.05) is 0 Å². The van der Waals surface area contributed by atoms with E-state index >= 15 is 13.2 Å². The second-order valence-corrected chi connectivity index (χ2v) is 12.4. The number of nitrogens with one attached hydrogen (secondary N) is 1. The summed E-state index contributed by atoms with van der Waals surface area (Å²) in [6.45, 7) is 5.38. The fourth-order valence-electron chi connectivity index (χ4n) is 5.74.